The monoisotopic (exact) mass is 212 g/mol. The number of amides is 2. The molecule has 2 N–H and O–H groups in total. The molecule has 1 rings (SSSR count). The van der Waals surface area contributed by atoms with Crippen molar-refractivity contribution in [3.05, 3.63) is 0 Å². The third kappa shape index (κ3) is 3.73. The van der Waals surface area contributed by atoms with Gasteiger partial charge < -0.3 is 10.6 Å². The molecule has 3 heteroatoms. The van der Waals surface area contributed by atoms with Crippen LogP contribution in [-0.4, -0.2) is 19.1 Å². The molecule has 1 fully saturated rings. The number of hydrogen-bond donors (Lipinski definition) is 2. The molecule has 88 valence electrons. The highest BCUT2D eigenvalue weighted by molar-refractivity contribution is 5.73. The molecule has 0 aromatic rings. The van der Waals surface area contributed by atoms with Crippen LogP contribution >= 0.6 is 0 Å². The van der Waals surface area contributed by atoms with Gasteiger partial charge in [0.05, 0.1) is 0 Å². The number of carbonyl (C=O) groups excluding carboxylic acids is 1. The second-order valence-electron chi connectivity index (χ2n) is 6.33. The van der Waals surface area contributed by atoms with Gasteiger partial charge in [-0.15, -0.1) is 0 Å². The molecule has 3 nitrogen and oxygen atoms in total. The van der Waals surface area contributed by atoms with E-state index in [9.17, 15) is 4.79 Å². The Bertz CT molecular complexity index is 230. The first kappa shape index (κ1) is 12.3. The van der Waals surface area contributed by atoms with E-state index in [0.29, 0.717) is 16.9 Å². The molecule has 1 aliphatic rings. The van der Waals surface area contributed by atoms with E-state index in [1.54, 1.807) is 7.05 Å². The summed E-state index contributed by atoms with van der Waals surface area (Å²) in [5.74, 6) is 0. The zero-order valence-electron chi connectivity index (χ0n) is 10.6. The standard InChI is InChI=1S/C12H24N2O/c1-11(2)6-9(14-10(15)13-5)7-12(3,4)8-11/h9H,6-8H2,1-5H3,(H2,13,14,15). The zero-order valence-corrected chi connectivity index (χ0v) is 10.6. The highest BCUT2D eigenvalue weighted by atomic mass is 16.2. The summed E-state index contributed by atoms with van der Waals surface area (Å²) in [6, 6.07) is 0.247. The zero-order chi connectivity index (χ0) is 11.7. The second kappa shape index (κ2) is 4.03. The van der Waals surface area contributed by atoms with Crippen LogP contribution in [0.5, 0.6) is 0 Å². The van der Waals surface area contributed by atoms with Gasteiger partial charge in [-0.3, -0.25) is 0 Å². The summed E-state index contributed by atoms with van der Waals surface area (Å²) in [7, 11) is 1.66. The molecule has 1 saturated carbocycles. The minimum Gasteiger partial charge on any atom is -0.341 e. The molecule has 0 spiro atoms. The number of hydrogen-bond acceptors (Lipinski definition) is 1. The van der Waals surface area contributed by atoms with Crippen LogP contribution in [-0.2, 0) is 0 Å². The van der Waals surface area contributed by atoms with Crippen LogP contribution in [0.4, 0.5) is 4.79 Å². The first-order chi connectivity index (χ1) is 6.74. The van der Waals surface area contributed by atoms with Crippen molar-refractivity contribution < 1.29 is 4.79 Å². The molecule has 0 radical (unpaired) electrons. The molecule has 1 aliphatic carbocycles. The Balaban J connectivity index is 2.63. The molecule has 0 aromatic carbocycles. The molecule has 15 heavy (non-hydrogen) atoms. The quantitative estimate of drug-likeness (QED) is 0.689. The molecule has 0 atom stereocenters. The summed E-state index contributed by atoms with van der Waals surface area (Å²) in [5.41, 5.74) is 0.654. The van der Waals surface area contributed by atoms with Gasteiger partial charge in [0, 0.05) is 13.1 Å². The van der Waals surface area contributed by atoms with E-state index in [-0.39, 0.29) is 6.03 Å². The van der Waals surface area contributed by atoms with Gasteiger partial charge in [-0.1, -0.05) is 27.7 Å². The molecule has 0 heterocycles. The number of nitrogens with one attached hydrogen (secondary N) is 2. The van der Waals surface area contributed by atoms with Gasteiger partial charge in [0.15, 0.2) is 0 Å². The normalized spacial score (nSPS) is 24.6. The van der Waals surface area contributed by atoms with E-state index < -0.39 is 0 Å². The third-order valence-electron chi connectivity index (χ3n) is 3.12. The molecule has 0 aliphatic heterocycles. The maximum absolute atomic E-state index is 11.3. The highest BCUT2D eigenvalue weighted by Gasteiger charge is 2.38. The maximum atomic E-state index is 11.3. The minimum absolute atomic E-state index is 0.0616. The van der Waals surface area contributed by atoms with Crippen molar-refractivity contribution in [2.45, 2.75) is 53.0 Å². The van der Waals surface area contributed by atoms with Crippen LogP contribution in [0.15, 0.2) is 0 Å². The Hall–Kier alpha value is -0.730. The predicted molar refractivity (Wildman–Crippen MR) is 62.8 cm³/mol. The van der Waals surface area contributed by atoms with Gasteiger partial charge in [-0.05, 0) is 30.1 Å². The van der Waals surface area contributed by atoms with Crippen molar-refractivity contribution in [1.29, 1.82) is 0 Å². The predicted octanol–water partition coefficient (Wildman–Crippen LogP) is 2.52. The van der Waals surface area contributed by atoms with Crippen molar-refractivity contribution in [3.63, 3.8) is 0 Å². The molecule has 0 unspecified atom stereocenters. The summed E-state index contributed by atoms with van der Waals surface area (Å²) in [5, 5.41) is 5.65. The van der Waals surface area contributed by atoms with Crippen LogP contribution in [0.25, 0.3) is 0 Å². The van der Waals surface area contributed by atoms with Crippen LogP contribution in [0, 0.1) is 10.8 Å². The summed E-state index contributed by atoms with van der Waals surface area (Å²) < 4.78 is 0. The fourth-order valence-corrected chi connectivity index (χ4v) is 3.21. The van der Waals surface area contributed by atoms with Crippen LogP contribution in [0.3, 0.4) is 0 Å². The van der Waals surface area contributed by atoms with Gasteiger partial charge in [-0.2, -0.15) is 0 Å². The van der Waals surface area contributed by atoms with Crippen molar-refractivity contribution in [3.8, 4) is 0 Å². The molecule has 0 saturated heterocycles. The van der Waals surface area contributed by atoms with E-state index in [1.807, 2.05) is 0 Å². The lowest BCUT2D eigenvalue weighted by Crippen LogP contribution is -2.48. The minimum atomic E-state index is -0.0616. The van der Waals surface area contributed by atoms with E-state index in [1.165, 1.54) is 6.42 Å². The van der Waals surface area contributed by atoms with Crippen LogP contribution in [0.2, 0.25) is 0 Å². The van der Waals surface area contributed by atoms with Crippen LogP contribution < -0.4 is 10.6 Å². The lowest BCUT2D eigenvalue weighted by molar-refractivity contribution is 0.0884. The molecule has 0 aromatic heterocycles. The van der Waals surface area contributed by atoms with Crippen molar-refractivity contribution in [2.75, 3.05) is 7.05 Å². The Morgan fingerprint density at radius 1 is 1.13 bits per heavy atom. The third-order valence-corrected chi connectivity index (χ3v) is 3.12. The smallest absolute Gasteiger partial charge is 0.314 e. The van der Waals surface area contributed by atoms with E-state index >= 15 is 0 Å². The maximum Gasteiger partial charge on any atom is 0.314 e. The number of rotatable bonds is 1. The highest BCUT2D eigenvalue weighted by Crippen LogP contribution is 2.45. The van der Waals surface area contributed by atoms with Gasteiger partial charge in [0.2, 0.25) is 0 Å². The number of urea groups is 1. The summed E-state index contributed by atoms with van der Waals surface area (Å²) in [6.07, 6.45) is 3.37. The fraction of sp³-hybridized carbons (Fsp3) is 0.917. The van der Waals surface area contributed by atoms with Crippen LogP contribution in [0.1, 0.15) is 47.0 Å². The molecule has 2 amide bonds. The average molecular weight is 212 g/mol. The van der Waals surface area contributed by atoms with Crippen molar-refractivity contribution in [1.82, 2.24) is 10.6 Å². The SMILES string of the molecule is CNC(=O)NC1CC(C)(C)CC(C)(C)C1. The summed E-state index contributed by atoms with van der Waals surface area (Å²) in [4.78, 5) is 11.3. The number of carbonyl (C=O) groups is 1. The van der Waals surface area contributed by atoms with Crippen molar-refractivity contribution >= 4 is 6.03 Å². The van der Waals surface area contributed by atoms with Crippen molar-refractivity contribution in [2.24, 2.45) is 10.8 Å². The van der Waals surface area contributed by atoms with Gasteiger partial charge >= 0.3 is 6.03 Å². The Morgan fingerprint density at radius 3 is 2.00 bits per heavy atom. The topological polar surface area (TPSA) is 41.1 Å². The first-order valence-electron chi connectivity index (χ1n) is 5.72. The van der Waals surface area contributed by atoms with Gasteiger partial charge in [0.1, 0.15) is 0 Å². The Morgan fingerprint density at radius 2 is 1.60 bits per heavy atom. The van der Waals surface area contributed by atoms with Gasteiger partial charge in [-0.25, -0.2) is 4.79 Å². The largest absolute Gasteiger partial charge is 0.341 e. The van der Waals surface area contributed by atoms with E-state index in [2.05, 4.69) is 38.3 Å². The lowest BCUT2D eigenvalue weighted by atomic mass is 9.63. The second-order valence-corrected chi connectivity index (χ2v) is 6.33. The molecular formula is C12H24N2O. The first-order valence-corrected chi connectivity index (χ1v) is 5.72. The Labute approximate surface area is 93.0 Å². The molecule has 0 bridgehead atoms. The average Bonchev–Trinajstić information content (AvgIpc) is 1.97. The van der Waals surface area contributed by atoms with E-state index in [4.69, 9.17) is 0 Å². The molecular weight excluding hydrogens is 188 g/mol. The summed E-state index contributed by atoms with van der Waals surface area (Å²) >= 11 is 0. The lowest BCUT2D eigenvalue weighted by Gasteiger charge is -2.45. The summed E-state index contributed by atoms with van der Waals surface area (Å²) in [6.45, 7) is 9.14. The Kier molecular flexibility index (Phi) is 3.31. The van der Waals surface area contributed by atoms with E-state index in [0.717, 1.165) is 12.8 Å². The van der Waals surface area contributed by atoms with Gasteiger partial charge in [0.25, 0.3) is 0 Å². The fourth-order valence-electron chi connectivity index (χ4n) is 3.21.